The van der Waals surface area contributed by atoms with Crippen LogP contribution in [0, 0.1) is 5.92 Å². The Bertz CT molecular complexity index is 392. The number of hydrogen-bond donors (Lipinski definition) is 1. The molecule has 1 N–H and O–H groups in total. The van der Waals surface area contributed by atoms with Gasteiger partial charge in [0.2, 0.25) is 0 Å². The molecule has 4 unspecified atom stereocenters. The topological polar surface area (TPSA) is 21.3 Å². The van der Waals surface area contributed by atoms with E-state index in [4.69, 9.17) is 4.74 Å². The summed E-state index contributed by atoms with van der Waals surface area (Å²) < 4.78 is 6.52. The minimum absolute atomic E-state index is 0.262. The molecule has 1 fully saturated rings. The Labute approximate surface area is 130 Å². The Hall–Kier alpha value is -0.860. The van der Waals surface area contributed by atoms with Crippen LogP contribution in [0.15, 0.2) is 30.3 Å². The monoisotopic (exact) mass is 289 g/mol. The van der Waals surface area contributed by atoms with Crippen LogP contribution < -0.4 is 5.32 Å². The van der Waals surface area contributed by atoms with Gasteiger partial charge in [-0.2, -0.15) is 0 Å². The predicted octanol–water partition coefficient (Wildman–Crippen LogP) is 4.71. The normalized spacial score (nSPS) is 25.5. The van der Waals surface area contributed by atoms with Crippen LogP contribution in [0.4, 0.5) is 0 Å². The number of ether oxygens (including phenoxy) is 1. The first-order valence-electron chi connectivity index (χ1n) is 8.66. The predicted molar refractivity (Wildman–Crippen MR) is 89.4 cm³/mol. The minimum Gasteiger partial charge on any atom is -0.373 e. The maximum atomic E-state index is 6.52. The number of likely N-dealkylation sites (N-methyl/N-ethyl adjacent to an activating group) is 1. The summed E-state index contributed by atoms with van der Waals surface area (Å²) in [6, 6.07) is 11.0. The van der Waals surface area contributed by atoms with E-state index in [-0.39, 0.29) is 6.10 Å². The Morgan fingerprint density at radius 1 is 1.19 bits per heavy atom. The van der Waals surface area contributed by atoms with Crippen molar-refractivity contribution in [3.05, 3.63) is 35.9 Å². The second-order valence-electron chi connectivity index (χ2n) is 6.32. The molecule has 0 spiro atoms. The van der Waals surface area contributed by atoms with Crippen molar-refractivity contribution in [2.75, 3.05) is 7.05 Å². The van der Waals surface area contributed by atoms with Crippen LogP contribution in [-0.2, 0) is 4.74 Å². The zero-order valence-corrected chi connectivity index (χ0v) is 13.8. The van der Waals surface area contributed by atoms with Crippen LogP contribution in [0.25, 0.3) is 0 Å². The zero-order valence-electron chi connectivity index (χ0n) is 13.8. The van der Waals surface area contributed by atoms with Gasteiger partial charge in [-0.15, -0.1) is 0 Å². The largest absolute Gasteiger partial charge is 0.373 e. The molecule has 0 aliphatic heterocycles. The first-order valence-corrected chi connectivity index (χ1v) is 8.66. The molecule has 2 nitrogen and oxygen atoms in total. The van der Waals surface area contributed by atoms with E-state index in [2.05, 4.69) is 49.5 Å². The van der Waals surface area contributed by atoms with Crippen molar-refractivity contribution >= 4 is 0 Å². The van der Waals surface area contributed by atoms with E-state index in [0.717, 1.165) is 12.3 Å². The molecule has 4 atom stereocenters. The Kier molecular flexibility index (Phi) is 6.72. The Morgan fingerprint density at radius 2 is 1.95 bits per heavy atom. The van der Waals surface area contributed by atoms with Gasteiger partial charge in [-0.1, -0.05) is 63.4 Å². The van der Waals surface area contributed by atoms with Crippen LogP contribution in [-0.4, -0.2) is 19.3 Å². The molecular formula is C19H31NO. The SMILES string of the molecule is CCC1CCCC(OC(CC)C(NC)c2ccccc2)C1. The summed E-state index contributed by atoms with van der Waals surface area (Å²) in [5.41, 5.74) is 1.33. The van der Waals surface area contributed by atoms with Crippen LogP contribution >= 0.6 is 0 Å². The van der Waals surface area contributed by atoms with Gasteiger partial charge in [0.05, 0.1) is 18.2 Å². The lowest BCUT2D eigenvalue weighted by atomic mass is 9.85. The molecule has 2 heteroatoms. The van der Waals surface area contributed by atoms with Crippen LogP contribution in [0.2, 0.25) is 0 Å². The van der Waals surface area contributed by atoms with Crippen LogP contribution in [0.5, 0.6) is 0 Å². The summed E-state index contributed by atoms with van der Waals surface area (Å²) in [4.78, 5) is 0. The van der Waals surface area contributed by atoms with Crippen molar-refractivity contribution in [1.29, 1.82) is 0 Å². The number of benzene rings is 1. The molecular weight excluding hydrogens is 258 g/mol. The smallest absolute Gasteiger partial charge is 0.0770 e. The van der Waals surface area contributed by atoms with E-state index in [1.165, 1.54) is 37.7 Å². The van der Waals surface area contributed by atoms with Crippen LogP contribution in [0.3, 0.4) is 0 Å². The van der Waals surface area contributed by atoms with Gasteiger partial charge in [0.15, 0.2) is 0 Å². The van der Waals surface area contributed by atoms with Gasteiger partial charge in [-0.25, -0.2) is 0 Å². The molecule has 0 heterocycles. The van der Waals surface area contributed by atoms with Crippen LogP contribution in [0.1, 0.15) is 64.0 Å². The number of nitrogens with one attached hydrogen (secondary N) is 1. The molecule has 0 aromatic heterocycles. The summed E-state index contributed by atoms with van der Waals surface area (Å²) in [6.07, 6.45) is 8.26. The lowest BCUT2D eigenvalue weighted by molar-refractivity contribution is -0.0573. The van der Waals surface area contributed by atoms with Crippen molar-refractivity contribution < 1.29 is 4.74 Å². The molecule has 0 amide bonds. The molecule has 1 aromatic carbocycles. The molecule has 0 bridgehead atoms. The summed E-state index contributed by atoms with van der Waals surface area (Å²) in [5, 5.41) is 3.46. The first kappa shape index (κ1) is 16.5. The molecule has 1 aromatic rings. The zero-order chi connectivity index (χ0) is 15.1. The second kappa shape index (κ2) is 8.55. The third kappa shape index (κ3) is 4.55. The fraction of sp³-hybridized carbons (Fsp3) is 0.684. The average molecular weight is 289 g/mol. The lowest BCUT2D eigenvalue weighted by Gasteiger charge is -2.34. The summed E-state index contributed by atoms with van der Waals surface area (Å²) in [5.74, 6) is 0.867. The fourth-order valence-corrected chi connectivity index (χ4v) is 3.62. The number of hydrogen-bond acceptors (Lipinski definition) is 2. The summed E-state index contributed by atoms with van der Waals surface area (Å²) in [7, 11) is 2.04. The molecule has 1 saturated carbocycles. The van der Waals surface area contributed by atoms with Crippen molar-refractivity contribution in [1.82, 2.24) is 5.32 Å². The molecule has 0 radical (unpaired) electrons. The lowest BCUT2D eigenvalue weighted by Crippen LogP contribution is -2.36. The van der Waals surface area contributed by atoms with Gasteiger partial charge in [-0.05, 0) is 37.8 Å². The van der Waals surface area contributed by atoms with Gasteiger partial charge in [0, 0.05) is 0 Å². The van der Waals surface area contributed by atoms with E-state index in [0.29, 0.717) is 12.1 Å². The van der Waals surface area contributed by atoms with Crippen molar-refractivity contribution in [3.8, 4) is 0 Å². The maximum absolute atomic E-state index is 6.52. The van der Waals surface area contributed by atoms with E-state index in [1.54, 1.807) is 0 Å². The Morgan fingerprint density at radius 3 is 2.57 bits per heavy atom. The third-order valence-corrected chi connectivity index (χ3v) is 4.92. The molecule has 2 rings (SSSR count). The minimum atomic E-state index is 0.262. The molecule has 0 saturated heterocycles. The standard InChI is InChI=1S/C19H31NO/c1-4-15-10-9-13-17(14-15)21-18(5-2)19(20-3)16-11-7-6-8-12-16/h6-8,11-12,15,17-20H,4-5,9-10,13-14H2,1-3H3. The number of rotatable bonds is 7. The summed E-state index contributed by atoms with van der Waals surface area (Å²) in [6.45, 7) is 4.54. The molecule has 1 aliphatic rings. The summed E-state index contributed by atoms with van der Waals surface area (Å²) >= 11 is 0. The van der Waals surface area contributed by atoms with Crippen molar-refractivity contribution in [3.63, 3.8) is 0 Å². The average Bonchev–Trinajstić information content (AvgIpc) is 2.55. The second-order valence-corrected chi connectivity index (χ2v) is 6.32. The molecule has 1 aliphatic carbocycles. The van der Waals surface area contributed by atoms with Gasteiger partial charge in [0.1, 0.15) is 0 Å². The molecule has 21 heavy (non-hydrogen) atoms. The van der Waals surface area contributed by atoms with Gasteiger partial charge in [-0.3, -0.25) is 0 Å². The quantitative estimate of drug-likeness (QED) is 0.785. The highest BCUT2D eigenvalue weighted by atomic mass is 16.5. The fourth-order valence-electron chi connectivity index (χ4n) is 3.62. The van der Waals surface area contributed by atoms with E-state index in [1.807, 2.05) is 7.05 Å². The van der Waals surface area contributed by atoms with E-state index >= 15 is 0 Å². The highest BCUT2D eigenvalue weighted by Crippen LogP contribution is 2.31. The maximum Gasteiger partial charge on any atom is 0.0770 e. The third-order valence-electron chi connectivity index (χ3n) is 4.92. The van der Waals surface area contributed by atoms with E-state index < -0.39 is 0 Å². The Balaban J connectivity index is 2.00. The van der Waals surface area contributed by atoms with E-state index in [9.17, 15) is 0 Å². The van der Waals surface area contributed by atoms with Gasteiger partial charge >= 0.3 is 0 Å². The highest BCUT2D eigenvalue weighted by molar-refractivity contribution is 5.20. The molecule has 118 valence electrons. The van der Waals surface area contributed by atoms with Gasteiger partial charge in [0.25, 0.3) is 0 Å². The van der Waals surface area contributed by atoms with Crippen molar-refractivity contribution in [2.24, 2.45) is 5.92 Å². The highest BCUT2D eigenvalue weighted by Gasteiger charge is 2.27. The van der Waals surface area contributed by atoms with Gasteiger partial charge < -0.3 is 10.1 Å². The first-order chi connectivity index (χ1) is 10.3. The van der Waals surface area contributed by atoms with Crippen molar-refractivity contribution in [2.45, 2.75) is 70.6 Å².